The van der Waals surface area contributed by atoms with E-state index < -0.39 is 11.7 Å². The van der Waals surface area contributed by atoms with Crippen molar-refractivity contribution < 1.29 is 9.59 Å². The maximum atomic E-state index is 12.8. The second-order valence-electron chi connectivity index (χ2n) is 5.52. The van der Waals surface area contributed by atoms with E-state index >= 15 is 0 Å². The minimum atomic E-state index is -0.458. The molecule has 0 aliphatic carbocycles. The third kappa shape index (κ3) is 3.99. The highest BCUT2D eigenvalue weighted by atomic mass is 32.1. The molecule has 1 aromatic carbocycles. The van der Waals surface area contributed by atoms with Crippen LogP contribution in [0.1, 0.15) is 25.7 Å². The molecule has 0 atom stereocenters. The number of hydrogen-bond donors (Lipinski definition) is 0. The first-order valence-electron chi connectivity index (χ1n) is 7.58. The van der Waals surface area contributed by atoms with E-state index in [0.717, 1.165) is 15.3 Å². The van der Waals surface area contributed by atoms with Gasteiger partial charge in [-0.3, -0.25) is 9.59 Å². The summed E-state index contributed by atoms with van der Waals surface area (Å²) in [5.74, 6) is -0.913. The van der Waals surface area contributed by atoms with Gasteiger partial charge in [-0.05, 0) is 29.8 Å². The van der Waals surface area contributed by atoms with Gasteiger partial charge in [-0.25, -0.2) is 0 Å². The molecule has 3 nitrogen and oxygen atoms in total. The molecular formula is C19H17NO2S2. The van der Waals surface area contributed by atoms with Gasteiger partial charge in [0.05, 0.1) is 13.1 Å². The van der Waals surface area contributed by atoms with Gasteiger partial charge >= 0.3 is 0 Å². The lowest BCUT2D eigenvalue weighted by atomic mass is 10.1. The van der Waals surface area contributed by atoms with Gasteiger partial charge in [0.2, 0.25) is 5.78 Å². The Morgan fingerprint density at radius 3 is 1.88 bits per heavy atom. The quantitative estimate of drug-likeness (QED) is 0.481. The predicted molar refractivity (Wildman–Crippen MR) is 98.4 cm³/mol. The zero-order valence-corrected chi connectivity index (χ0v) is 14.9. The number of amides is 1. The fraction of sp³-hybridized carbons (Fsp3) is 0.158. The molecule has 1 amide bonds. The highest BCUT2D eigenvalue weighted by Gasteiger charge is 2.24. The molecule has 0 bridgehead atoms. The summed E-state index contributed by atoms with van der Waals surface area (Å²) in [7, 11) is 0. The average molecular weight is 355 g/mol. The second-order valence-corrected chi connectivity index (χ2v) is 7.58. The zero-order valence-electron chi connectivity index (χ0n) is 13.3. The summed E-state index contributed by atoms with van der Waals surface area (Å²) in [5.41, 5.74) is 1.50. The molecule has 0 spiro atoms. The highest BCUT2D eigenvalue weighted by molar-refractivity contribution is 7.10. The molecule has 3 rings (SSSR count). The molecule has 0 radical (unpaired) electrons. The molecule has 2 heterocycles. The number of aryl methyl sites for hydroxylation is 1. The minimum Gasteiger partial charge on any atom is -0.326 e. The molecule has 0 N–H and O–H groups in total. The Kier molecular flexibility index (Phi) is 5.23. The van der Waals surface area contributed by atoms with Crippen LogP contribution in [0.3, 0.4) is 0 Å². The van der Waals surface area contributed by atoms with Crippen molar-refractivity contribution in [1.82, 2.24) is 4.90 Å². The monoisotopic (exact) mass is 355 g/mol. The molecule has 2 aromatic heterocycles. The largest absolute Gasteiger partial charge is 0.326 e. The summed E-state index contributed by atoms with van der Waals surface area (Å²) in [5, 5.41) is 3.95. The van der Waals surface area contributed by atoms with Crippen LogP contribution in [0.15, 0.2) is 59.3 Å². The fourth-order valence-electron chi connectivity index (χ4n) is 2.35. The van der Waals surface area contributed by atoms with E-state index in [1.54, 1.807) is 39.7 Å². The standard InChI is InChI=1S/C19H17NO2S2/c1-14-6-8-15(9-7-14)18(21)19(22)20(12-16-4-2-10-23-16)13-17-5-3-11-24-17/h2-11H,12-13H2,1H3. The van der Waals surface area contributed by atoms with E-state index in [1.165, 1.54) is 0 Å². The molecule has 0 aliphatic heterocycles. The number of benzene rings is 1. The molecule has 0 unspecified atom stereocenters. The summed E-state index contributed by atoms with van der Waals surface area (Å²) < 4.78 is 0. The number of hydrogen-bond acceptors (Lipinski definition) is 4. The van der Waals surface area contributed by atoms with Crippen LogP contribution in [0, 0.1) is 6.92 Å². The Bertz CT molecular complexity index is 769. The maximum absolute atomic E-state index is 12.8. The Morgan fingerprint density at radius 1 is 0.875 bits per heavy atom. The lowest BCUT2D eigenvalue weighted by Gasteiger charge is -2.20. The number of nitrogens with zero attached hydrogens (tertiary/aromatic N) is 1. The Balaban J connectivity index is 1.81. The van der Waals surface area contributed by atoms with Crippen molar-refractivity contribution in [3.05, 3.63) is 80.2 Å². The topological polar surface area (TPSA) is 37.4 Å². The second kappa shape index (κ2) is 7.55. The van der Waals surface area contributed by atoms with Gasteiger partial charge in [0, 0.05) is 15.3 Å². The van der Waals surface area contributed by atoms with E-state index in [1.807, 2.05) is 54.1 Å². The van der Waals surface area contributed by atoms with Crippen molar-refractivity contribution >= 4 is 34.4 Å². The van der Waals surface area contributed by atoms with Crippen molar-refractivity contribution in [2.24, 2.45) is 0 Å². The summed E-state index contributed by atoms with van der Waals surface area (Å²) in [6.45, 7) is 2.86. The Labute approximate surface area is 149 Å². The van der Waals surface area contributed by atoms with E-state index in [-0.39, 0.29) is 0 Å². The van der Waals surface area contributed by atoms with Crippen LogP contribution < -0.4 is 0 Å². The third-order valence-corrected chi connectivity index (χ3v) is 5.37. The van der Waals surface area contributed by atoms with Crippen molar-refractivity contribution in [3.8, 4) is 0 Å². The molecule has 0 fully saturated rings. The smallest absolute Gasteiger partial charge is 0.295 e. The van der Waals surface area contributed by atoms with Gasteiger partial charge in [-0.2, -0.15) is 0 Å². The van der Waals surface area contributed by atoms with Gasteiger partial charge in [0.15, 0.2) is 0 Å². The number of carbonyl (C=O) groups is 2. The number of rotatable bonds is 6. The van der Waals surface area contributed by atoms with Crippen molar-refractivity contribution in [3.63, 3.8) is 0 Å². The number of carbonyl (C=O) groups excluding carboxylic acids is 2. The third-order valence-electron chi connectivity index (χ3n) is 3.65. The lowest BCUT2D eigenvalue weighted by Crippen LogP contribution is -2.35. The van der Waals surface area contributed by atoms with Crippen LogP contribution in [0.25, 0.3) is 0 Å². The molecule has 0 aliphatic rings. The zero-order chi connectivity index (χ0) is 16.9. The van der Waals surface area contributed by atoms with Crippen LogP contribution >= 0.6 is 22.7 Å². The number of ketones is 1. The summed E-state index contributed by atoms with van der Waals surface area (Å²) >= 11 is 3.18. The first-order chi connectivity index (χ1) is 11.6. The molecule has 24 heavy (non-hydrogen) atoms. The van der Waals surface area contributed by atoms with Crippen LogP contribution in [0.4, 0.5) is 0 Å². The first-order valence-corrected chi connectivity index (χ1v) is 9.34. The van der Waals surface area contributed by atoms with E-state index in [9.17, 15) is 9.59 Å². The predicted octanol–water partition coefficient (Wildman–Crippen LogP) is 4.53. The molecular weight excluding hydrogens is 338 g/mol. The normalized spacial score (nSPS) is 10.5. The van der Waals surface area contributed by atoms with Gasteiger partial charge in [0.25, 0.3) is 5.91 Å². The van der Waals surface area contributed by atoms with Gasteiger partial charge in [-0.1, -0.05) is 42.0 Å². The van der Waals surface area contributed by atoms with Gasteiger partial charge < -0.3 is 4.90 Å². The average Bonchev–Trinajstić information content (AvgIpc) is 3.27. The van der Waals surface area contributed by atoms with E-state index in [4.69, 9.17) is 0 Å². The highest BCUT2D eigenvalue weighted by Crippen LogP contribution is 2.18. The van der Waals surface area contributed by atoms with Crippen LogP contribution in [-0.2, 0) is 17.9 Å². The fourth-order valence-corrected chi connectivity index (χ4v) is 3.79. The summed E-state index contributed by atoms with van der Waals surface area (Å²) in [4.78, 5) is 29.1. The molecule has 3 aromatic rings. The molecule has 0 saturated carbocycles. The number of thiophene rings is 2. The van der Waals surface area contributed by atoms with Crippen molar-refractivity contribution in [1.29, 1.82) is 0 Å². The van der Waals surface area contributed by atoms with Crippen molar-refractivity contribution in [2.45, 2.75) is 20.0 Å². The SMILES string of the molecule is Cc1ccc(C(=O)C(=O)N(Cc2cccs2)Cc2cccs2)cc1. The Morgan fingerprint density at radius 2 is 1.42 bits per heavy atom. The van der Waals surface area contributed by atoms with Gasteiger partial charge in [-0.15, -0.1) is 22.7 Å². The van der Waals surface area contributed by atoms with E-state index in [0.29, 0.717) is 18.7 Å². The molecule has 5 heteroatoms. The van der Waals surface area contributed by atoms with E-state index in [2.05, 4.69) is 0 Å². The van der Waals surface area contributed by atoms with Crippen LogP contribution in [-0.4, -0.2) is 16.6 Å². The Hall–Kier alpha value is -2.24. The van der Waals surface area contributed by atoms with Crippen LogP contribution in [0.2, 0.25) is 0 Å². The molecule has 0 saturated heterocycles. The minimum absolute atomic E-state index is 0.438. The summed E-state index contributed by atoms with van der Waals surface area (Å²) in [6, 6.07) is 15.0. The lowest BCUT2D eigenvalue weighted by molar-refractivity contribution is -0.127. The number of Topliss-reactive ketones (excluding diaryl/α,β-unsaturated/α-hetero) is 1. The molecule has 122 valence electrons. The van der Waals surface area contributed by atoms with Gasteiger partial charge in [0.1, 0.15) is 0 Å². The van der Waals surface area contributed by atoms with Crippen molar-refractivity contribution in [2.75, 3.05) is 0 Å². The summed E-state index contributed by atoms with van der Waals surface area (Å²) in [6.07, 6.45) is 0. The maximum Gasteiger partial charge on any atom is 0.295 e. The first kappa shape index (κ1) is 16.6. The van der Waals surface area contributed by atoms with Crippen LogP contribution in [0.5, 0.6) is 0 Å².